The molecule has 3 nitrogen and oxygen atoms in total. The van der Waals surface area contributed by atoms with Gasteiger partial charge in [-0.3, -0.25) is 9.89 Å². The van der Waals surface area contributed by atoms with Crippen molar-refractivity contribution in [2.24, 2.45) is 0 Å². The van der Waals surface area contributed by atoms with E-state index in [1.807, 2.05) is 43.3 Å². The number of nitrogens with one attached hydrogen (secondary N) is 1. The standard InChI is InChI=1S/C21H24N2O/c1-14-9-8-11-16(13-14)23-20(24)18(21(3,4)5)19(22-23)17-12-7-6-10-15(17)2/h6-13,22H,1-5H3. The molecule has 2 aromatic carbocycles. The highest BCUT2D eigenvalue weighted by molar-refractivity contribution is 5.68. The van der Waals surface area contributed by atoms with Crippen LogP contribution >= 0.6 is 0 Å². The normalized spacial score (nSPS) is 11.7. The Bertz CT molecular complexity index is 939. The lowest BCUT2D eigenvalue weighted by Gasteiger charge is -2.18. The van der Waals surface area contributed by atoms with Gasteiger partial charge in [0.1, 0.15) is 0 Å². The third kappa shape index (κ3) is 2.82. The second-order valence-corrected chi connectivity index (χ2v) is 7.41. The summed E-state index contributed by atoms with van der Waals surface area (Å²) in [6.07, 6.45) is 0. The van der Waals surface area contributed by atoms with E-state index in [0.29, 0.717) is 0 Å². The molecule has 124 valence electrons. The van der Waals surface area contributed by atoms with Crippen LogP contribution in [-0.2, 0) is 5.41 Å². The Labute approximate surface area is 143 Å². The van der Waals surface area contributed by atoms with Crippen LogP contribution in [0, 0.1) is 13.8 Å². The van der Waals surface area contributed by atoms with Crippen LogP contribution in [-0.4, -0.2) is 9.78 Å². The van der Waals surface area contributed by atoms with Gasteiger partial charge in [-0.15, -0.1) is 0 Å². The lowest BCUT2D eigenvalue weighted by molar-refractivity contribution is 0.586. The number of benzene rings is 2. The molecule has 0 aliphatic carbocycles. The summed E-state index contributed by atoms with van der Waals surface area (Å²) in [5.74, 6) is 0. The molecule has 0 spiro atoms. The van der Waals surface area contributed by atoms with Crippen LogP contribution in [0.1, 0.15) is 37.5 Å². The third-order valence-electron chi connectivity index (χ3n) is 4.31. The molecule has 0 atom stereocenters. The Balaban J connectivity index is 2.33. The fourth-order valence-corrected chi connectivity index (χ4v) is 3.13. The zero-order chi connectivity index (χ0) is 17.5. The van der Waals surface area contributed by atoms with Crippen molar-refractivity contribution in [3.63, 3.8) is 0 Å². The predicted molar refractivity (Wildman–Crippen MR) is 100.0 cm³/mol. The maximum Gasteiger partial charge on any atom is 0.275 e. The highest BCUT2D eigenvalue weighted by Crippen LogP contribution is 2.31. The zero-order valence-electron chi connectivity index (χ0n) is 15.0. The first-order valence-electron chi connectivity index (χ1n) is 8.27. The first-order valence-corrected chi connectivity index (χ1v) is 8.27. The Morgan fingerprint density at radius 1 is 0.958 bits per heavy atom. The summed E-state index contributed by atoms with van der Waals surface area (Å²) < 4.78 is 1.66. The Kier molecular flexibility index (Phi) is 3.96. The van der Waals surface area contributed by atoms with Crippen LogP contribution in [0.5, 0.6) is 0 Å². The minimum Gasteiger partial charge on any atom is -0.290 e. The molecule has 0 amide bonds. The van der Waals surface area contributed by atoms with Gasteiger partial charge in [0.15, 0.2) is 0 Å². The number of nitrogens with zero attached hydrogens (tertiary/aromatic N) is 1. The summed E-state index contributed by atoms with van der Waals surface area (Å²) in [7, 11) is 0. The van der Waals surface area contributed by atoms with E-state index in [4.69, 9.17) is 0 Å². The van der Waals surface area contributed by atoms with Gasteiger partial charge >= 0.3 is 0 Å². The van der Waals surface area contributed by atoms with Gasteiger partial charge in [0, 0.05) is 5.56 Å². The second kappa shape index (κ2) is 5.82. The van der Waals surface area contributed by atoms with Crippen LogP contribution in [0.3, 0.4) is 0 Å². The number of aromatic amines is 1. The Morgan fingerprint density at radius 2 is 1.67 bits per heavy atom. The number of hydrogen-bond acceptors (Lipinski definition) is 1. The summed E-state index contributed by atoms with van der Waals surface area (Å²) in [5, 5.41) is 3.36. The molecule has 3 rings (SSSR count). The Morgan fingerprint density at radius 3 is 2.29 bits per heavy atom. The summed E-state index contributed by atoms with van der Waals surface area (Å²) in [4.78, 5) is 13.2. The summed E-state index contributed by atoms with van der Waals surface area (Å²) in [5.41, 5.74) is 5.72. The van der Waals surface area contributed by atoms with E-state index in [9.17, 15) is 4.79 Å². The highest BCUT2D eigenvalue weighted by atomic mass is 16.1. The molecule has 1 N–H and O–H groups in total. The molecule has 0 fully saturated rings. The third-order valence-corrected chi connectivity index (χ3v) is 4.31. The molecule has 1 heterocycles. The van der Waals surface area contributed by atoms with Crippen molar-refractivity contribution in [3.8, 4) is 16.9 Å². The van der Waals surface area contributed by atoms with Crippen molar-refractivity contribution in [1.82, 2.24) is 9.78 Å². The molecule has 0 bridgehead atoms. The molecule has 0 radical (unpaired) electrons. The summed E-state index contributed by atoms with van der Waals surface area (Å²) in [6, 6.07) is 16.2. The number of aryl methyl sites for hydroxylation is 2. The molecule has 3 heteroatoms. The van der Waals surface area contributed by atoms with Crippen LogP contribution in [0.2, 0.25) is 0 Å². The van der Waals surface area contributed by atoms with Crippen molar-refractivity contribution in [1.29, 1.82) is 0 Å². The van der Waals surface area contributed by atoms with Gasteiger partial charge in [-0.2, -0.15) is 0 Å². The minimum atomic E-state index is -0.250. The van der Waals surface area contributed by atoms with Crippen molar-refractivity contribution >= 4 is 0 Å². The fourth-order valence-electron chi connectivity index (χ4n) is 3.13. The fraction of sp³-hybridized carbons (Fsp3) is 0.286. The molecule has 0 saturated carbocycles. The molecular weight excluding hydrogens is 296 g/mol. The molecule has 3 aromatic rings. The summed E-state index contributed by atoms with van der Waals surface area (Å²) >= 11 is 0. The topological polar surface area (TPSA) is 37.8 Å². The van der Waals surface area contributed by atoms with Crippen molar-refractivity contribution < 1.29 is 0 Å². The van der Waals surface area contributed by atoms with Gasteiger partial charge < -0.3 is 0 Å². The number of aromatic nitrogens is 2. The first kappa shape index (κ1) is 16.3. The molecule has 0 aliphatic heterocycles. The van der Waals surface area contributed by atoms with Crippen LogP contribution in [0.15, 0.2) is 53.3 Å². The maximum atomic E-state index is 13.2. The first-order chi connectivity index (χ1) is 11.3. The van der Waals surface area contributed by atoms with Gasteiger partial charge in [-0.05, 0) is 42.5 Å². The quantitative estimate of drug-likeness (QED) is 0.727. The van der Waals surface area contributed by atoms with Crippen LogP contribution < -0.4 is 5.56 Å². The number of H-pyrrole nitrogens is 1. The SMILES string of the molecule is Cc1cccc(-n2[nH]c(-c3ccccc3C)c(C(C)(C)C)c2=O)c1. The van der Waals surface area contributed by atoms with E-state index in [2.05, 4.69) is 44.9 Å². The molecule has 0 aliphatic rings. The van der Waals surface area contributed by atoms with Crippen molar-refractivity contribution in [3.05, 3.63) is 75.6 Å². The van der Waals surface area contributed by atoms with E-state index >= 15 is 0 Å². The van der Waals surface area contributed by atoms with Gasteiger partial charge in [-0.25, -0.2) is 4.68 Å². The highest BCUT2D eigenvalue weighted by Gasteiger charge is 2.27. The van der Waals surface area contributed by atoms with Gasteiger partial charge in [0.25, 0.3) is 5.56 Å². The average Bonchev–Trinajstić information content (AvgIpc) is 2.85. The molecule has 0 unspecified atom stereocenters. The summed E-state index contributed by atoms with van der Waals surface area (Å²) in [6.45, 7) is 10.4. The average molecular weight is 320 g/mol. The maximum absolute atomic E-state index is 13.2. The van der Waals surface area contributed by atoms with Gasteiger partial charge in [-0.1, -0.05) is 57.2 Å². The molecular formula is C21H24N2O. The zero-order valence-corrected chi connectivity index (χ0v) is 15.0. The van der Waals surface area contributed by atoms with E-state index < -0.39 is 0 Å². The minimum absolute atomic E-state index is 0.0198. The van der Waals surface area contributed by atoms with Crippen LogP contribution in [0.25, 0.3) is 16.9 Å². The number of hydrogen-bond donors (Lipinski definition) is 1. The predicted octanol–water partition coefficient (Wildman–Crippen LogP) is 4.75. The number of rotatable bonds is 2. The van der Waals surface area contributed by atoms with E-state index in [0.717, 1.165) is 33.6 Å². The second-order valence-electron chi connectivity index (χ2n) is 7.41. The lowest BCUT2D eigenvalue weighted by atomic mass is 9.85. The van der Waals surface area contributed by atoms with E-state index in [1.54, 1.807) is 4.68 Å². The van der Waals surface area contributed by atoms with Gasteiger partial charge in [0.2, 0.25) is 0 Å². The largest absolute Gasteiger partial charge is 0.290 e. The van der Waals surface area contributed by atoms with Gasteiger partial charge in [0.05, 0.1) is 16.9 Å². The van der Waals surface area contributed by atoms with Crippen LogP contribution in [0.4, 0.5) is 0 Å². The Hall–Kier alpha value is -2.55. The molecule has 24 heavy (non-hydrogen) atoms. The van der Waals surface area contributed by atoms with E-state index in [-0.39, 0.29) is 11.0 Å². The van der Waals surface area contributed by atoms with Crippen molar-refractivity contribution in [2.75, 3.05) is 0 Å². The molecule has 0 saturated heterocycles. The smallest absolute Gasteiger partial charge is 0.275 e. The van der Waals surface area contributed by atoms with E-state index in [1.165, 1.54) is 0 Å². The lowest BCUT2D eigenvalue weighted by Crippen LogP contribution is -2.25. The monoisotopic (exact) mass is 320 g/mol. The van der Waals surface area contributed by atoms with Crippen molar-refractivity contribution in [2.45, 2.75) is 40.0 Å². The molecule has 1 aromatic heterocycles.